The first kappa shape index (κ1) is 14.6. The molecule has 2 unspecified atom stereocenters. The van der Waals surface area contributed by atoms with Crippen molar-refractivity contribution >= 4 is 0 Å². The van der Waals surface area contributed by atoms with Crippen LogP contribution < -0.4 is 0 Å². The van der Waals surface area contributed by atoms with Crippen molar-refractivity contribution < 1.29 is 9.47 Å². The van der Waals surface area contributed by atoms with Gasteiger partial charge in [0.25, 0.3) is 0 Å². The average molecular weight is 321 g/mol. The molecule has 0 saturated carbocycles. The standard InChI is InChI=1S/C21H23NO2/c1-2-4-15(5-3-1)18-7-6-17-12-19(18)21(17)24-14-23-20-13-22-10-8-16(20)9-11-22/h1-7,12,16,20-21H,8-11,13-14H2. The van der Waals surface area contributed by atoms with E-state index in [-0.39, 0.29) is 6.10 Å². The Hall–Kier alpha value is -1.68. The summed E-state index contributed by atoms with van der Waals surface area (Å²) in [5, 5.41) is 0. The summed E-state index contributed by atoms with van der Waals surface area (Å²) in [6.45, 7) is 3.98. The molecule has 5 aliphatic rings. The molecular weight excluding hydrogens is 298 g/mol. The van der Waals surface area contributed by atoms with Gasteiger partial charge < -0.3 is 14.4 Å². The Labute approximate surface area is 143 Å². The summed E-state index contributed by atoms with van der Waals surface area (Å²) in [4.78, 5) is 2.52. The van der Waals surface area contributed by atoms with E-state index in [4.69, 9.17) is 9.47 Å². The van der Waals surface area contributed by atoms with E-state index in [1.807, 2.05) is 0 Å². The average Bonchev–Trinajstić information content (AvgIpc) is 2.67. The van der Waals surface area contributed by atoms with E-state index in [1.165, 1.54) is 48.2 Å². The number of hydrogen-bond donors (Lipinski definition) is 0. The summed E-state index contributed by atoms with van der Waals surface area (Å²) < 4.78 is 12.2. The molecule has 2 aliphatic carbocycles. The molecule has 2 atom stereocenters. The molecule has 0 radical (unpaired) electrons. The Kier molecular flexibility index (Phi) is 3.66. The molecule has 0 spiro atoms. The van der Waals surface area contributed by atoms with Crippen LogP contribution in [0.2, 0.25) is 0 Å². The molecule has 124 valence electrons. The lowest BCUT2D eigenvalue weighted by molar-refractivity contribution is -0.154. The Morgan fingerprint density at radius 3 is 2.50 bits per heavy atom. The van der Waals surface area contributed by atoms with Crippen LogP contribution in [0, 0.1) is 5.92 Å². The van der Waals surface area contributed by atoms with E-state index < -0.39 is 0 Å². The maximum absolute atomic E-state index is 6.09. The molecule has 24 heavy (non-hydrogen) atoms. The van der Waals surface area contributed by atoms with Crippen molar-refractivity contribution in [3.8, 4) is 11.1 Å². The summed E-state index contributed by atoms with van der Waals surface area (Å²) in [7, 11) is 0. The van der Waals surface area contributed by atoms with Crippen LogP contribution in [0.25, 0.3) is 11.1 Å². The van der Waals surface area contributed by atoms with Crippen molar-refractivity contribution in [1.29, 1.82) is 0 Å². The smallest absolute Gasteiger partial charge is 0.148 e. The molecule has 3 heteroatoms. The largest absolute Gasteiger partial charge is 0.351 e. The Morgan fingerprint density at radius 1 is 0.958 bits per heavy atom. The minimum absolute atomic E-state index is 0.0892. The van der Waals surface area contributed by atoms with Gasteiger partial charge in [-0.3, -0.25) is 0 Å². The van der Waals surface area contributed by atoms with E-state index in [9.17, 15) is 0 Å². The second-order valence-corrected chi connectivity index (χ2v) is 7.22. The van der Waals surface area contributed by atoms with Gasteiger partial charge in [0.05, 0.1) is 6.10 Å². The molecule has 0 N–H and O–H groups in total. The van der Waals surface area contributed by atoms with Gasteiger partial charge in [-0.15, -0.1) is 0 Å². The summed E-state index contributed by atoms with van der Waals surface area (Å²) in [5.41, 5.74) is 5.09. The van der Waals surface area contributed by atoms with E-state index >= 15 is 0 Å². The lowest BCUT2D eigenvalue weighted by atomic mass is 9.83. The molecule has 0 aromatic heterocycles. The molecule has 2 aromatic rings. The molecule has 3 nitrogen and oxygen atoms in total. The third-order valence-corrected chi connectivity index (χ3v) is 5.86. The fourth-order valence-electron chi connectivity index (χ4n) is 4.41. The van der Waals surface area contributed by atoms with Gasteiger partial charge in [0.2, 0.25) is 0 Å². The zero-order chi connectivity index (χ0) is 15.9. The van der Waals surface area contributed by atoms with Crippen molar-refractivity contribution in [2.75, 3.05) is 26.4 Å². The first-order valence-corrected chi connectivity index (χ1v) is 9.03. The Morgan fingerprint density at radius 2 is 1.79 bits per heavy atom. The predicted octanol–water partition coefficient (Wildman–Crippen LogP) is 3.84. The molecule has 2 aromatic carbocycles. The Bertz CT molecular complexity index is 718. The van der Waals surface area contributed by atoms with Crippen molar-refractivity contribution in [3.05, 3.63) is 59.7 Å². The van der Waals surface area contributed by atoms with Crippen LogP contribution in [0.15, 0.2) is 48.5 Å². The summed E-state index contributed by atoms with van der Waals surface area (Å²) in [5.74, 6) is 0.734. The molecule has 3 saturated heterocycles. The quantitative estimate of drug-likeness (QED) is 0.781. The topological polar surface area (TPSA) is 21.7 Å². The van der Waals surface area contributed by atoms with Gasteiger partial charge in [-0.1, -0.05) is 42.5 Å². The number of benzene rings is 2. The lowest BCUT2D eigenvalue weighted by Crippen LogP contribution is -2.51. The van der Waals surface area contributed by atoms with Crippen LogP contribution in [0.4, 0.5) is 0 Å². The lowest BCUT2D eigenvalue weighted by Gasteiger charge is -2.44. The van der Waals surface area contributed by atoms with E-state index in [0.29, 0.717) is 12.9 Å². The third-order valence-electron chi connectivity index (χ3n) is 5.86. The Balaban J connectivity index is 1.22. The van der Waals surface area contributed by atoms with Crippen LogP contribution in [-0.2, 0) is 9.47 Å². The maximum Gasteiger partial charge on any atom is 0.148 e. The van der Waals surface area contributed by atoms with Crippen molar-refractivity contribution in [3.63, 3.8) is 0 Å². The number of fused-ring (bicyclic) bond motifs is 5. The SMILES string of the molecule is c1ccc(-c2ccc3cc2C3OCOC2CN3CCC2CC3)cc1. The van der Waals surface area contributed by atoms with Crippen molar-refractivity contribution in [1.82, 2.24) is 4.90 Å². The highest BCUT2D eigenvalue weighted by atomic mass is 16.7. The highest BCUT2D eigenvalue weighted by molar-refractivity contribution is 5.72. The van der Waals surface area contributed by atoms with Gasteiger partial charge in [-0.2, -0.15) is 0 Å². The van der Waals surface area contributed by atoms with Crippen LogP contribution in [0.5, 0.6) is 0 Å². The summed E-state index contributed by atoms with van der Waals surface area (Å²) >= 11 is 0. The zero-order valence-corrected chi connectivity index (χ0v) is 13.9. The van der Waals surface area contributed by atoms with Gasteiger partial charge in [0, 0.05) is 6.54 Å². The van der Waals surface area contributed by atoms with Crippen LogP contribution in [0.3, 0.4) is 0 Å². The molecule has 3 fully saturated rings. The van der Waals surface area contributed by atoms with Crippen molar-refractivity contribution in [2.24, 2.45) is 5.92 Å². The van der Waals surface area contributed by atoms with Gasteiger partial charge in [0.15, 0.2) is 0 Å². The fourth-order valence-corrected chi connectivity index (χ4v) is 4.41. The number of piperidine rings is 3. The third kappa shape index (κ3) is 2.48. The minimum atomic E-state index is 0.0892. The second-order valence-electron chi connectivity index (χ2n) is 7.22. The first-order valence-electron chi connectivity index (χ1n) is 9.03. The number of hydrogen-bond acceptors (Lipinski definition) is 3. The number of nitrogens with zero attached hydrogens (tertiary/aromatic N) is 1. The first-order chi connectivity index (χ1) is 11.9. The summed E-state index contributed by atoms with van der Waals surface area (Å²) in [6.07, 6.45) is 3.02. The zero-order valence-electron chi connectivity index (χ0n) is 13.9. The molecular formula is C21H23NO2. The van der Waals surface area contributed by atoms with Crippen LogP contribution in [-0.4, -0.2) is 37.4 Å². The summed E-state index contributed by atoms with van der Waals surface area (Å²) in [6, 6.07) is 17.2. The highest BCUT2D eigenvalue weighted by Gasteiger charge is 2.35. The molecule has 7 rings (SSSR count). The minimum Gasteiger partial charge on any atom is -0.351 e. The molecule has 0 amide bonds. The number of rotatable bonds is 5. The van der Waals surface area contributed by atoms with E-state index in [2.05, 4.69) is 53.4 Å². The molecule has 4 bridgehead atoms. The predicted molar refractivity (Wildman–Crippen MR) is 93.7 cm³/mol. The molecule has 3 aliphatic heterocycles. The maximum atomic E-state index is 6.09. The monoisotopic (exact) mass is 321 g/mol. The van der Waals surface area contributed by atoms with Gasteiger partial charge >= 0.3 is 0 Å². The second kappa shape index (κ2) is 5.99. The highest BCUT2D eigenvalue weighted by Crippen LogP contribution is 2.43. The van der Waals surface area contributed by atoms with Gasteiger partial charge in [0.1, 0.15) is 12.9 Å². The van der Waals surface area contributed by atoms with Gasteiger partial charge in [-0.25, -0.2) is 0 Å². The number of ether oxygens (including phenoxy) is 2. The van der Waals surface area contributed by atoms with Crippen molar-refractivity contribution in [2.45, 2.75) is 25.0 Å². The molecule has 3 heterocycles. The van der Waals surface area contributed by atoms with E-state index in [1.54, 1.807) is 0 Å². The van der Waals surface area contributed by atoms with E-state index in [0.717, 1.165) is 12.5 Å². The van der Waals surface area contributed by atoms with Crippen LogP contribution >= 0.6 is 0 Å². The normalized spacial score (nSPS) is 30.2. The van der Waals surface area contributed by atoms with Gasteiger partial charge in [-0.05, 0) is 60.2 Å². The fraction of sp³-hybridized carbons (Fsp3) is 0.429. The van der Waals surface area contributed by atoms with Crippen LogP contribution in [0.1, 0.15) is 30.1 Å².